The first-order valence-electron chi connectivity index (χ1n) is 5.96. The number of phenols is 1. The van der Waals surface area contributed by atoms with E-state index in [-0.39, 0.29) is 0 Å². The van der Waals surface area contributed by atoms with Gasteiger partial charge in [-0.05, 0) is 30.2 Å². The van der Waals surface area contributed by atoms with Crippen molar-refractivity contribution in [2.24, 2.45) is 5.92 Å². The monoisotopic (exact) mass is 243 g/mol. The summed E-state index contributed by atoms with van der Waals surface area (Å²) in [5.41, 5.74) is 0.503. The molecule has 0 unspecified atom stereocenters. The van der Waals surface area contributed by atoms with Gasteiger partial charge < -0.3 is 10.4 Å². The van der Waals surface area contributed by atoms with Crippen molar-refractivity contribution in [2.75, 3.05) is 6.54 Å². The van der Waals surface area contributed by atoms with Gasteiger partial charge in [0.05, 0.1) is 0 Å². The molecule has 0 amide bonds. The normalized spacial score (nSPS) is 11.1. The molecule has 0 atom stereocenters. The molecule has 96 valence electrons. The topological polar surface area (TPSA) is 32.3 Å². The molecule has 2 N–H and O–H groups in total. The van der Waals surface area contributed by atoms with Crippen molar-refractivity contribution in [2.45, 2.75) is 33.2 Å². The highest BCUT2D eigenvalue weighted by atomic mass is 19.1. The third-order valence-electron chi connectivity index (χ3n) is 2.99. The number of phenolic OH excluding ortho intramolecular Hbond substituents is 1. The molecule has 17 heavy (non-hydrogen) atoms. The van der Waals surface area contributed by atoms with Gasteiger partial charge in [0.2, 0.25) is 0 Å². The molecule has 4 heteroatoms. The number of aromatic hydroxyl groups is 1. The van der Waals surface area contributed by atoms with Crippen LogP contribution in [0.15, 0.2) is 12.1 Å². The van der Waals surface area contributed by atoms with E-state index in [4.69, 9.17) is 5.11 Å². The van der Waals surface area contributed by atoms with E-state index < -0.39 is 17.4 Å². The van der Waals surface area contributed by atoms with Crippen LogP contribution in [0, 0.1) is 17.6 Å². The first-order chi connectivity index (χ1) is 8.08. The summed E-state index contributed by atoms with van der Waals surface area (Å²) in [6, 6.07) is 2.30. The fourth-order valence-electron chi connectivity index (χ4n) is 1.72. The standard InChI is InChI=1S/C13H19F2NO/c1-3-9(4-2)7-16-8-10-5-11(14)13(17)12(15)6-10/h5-6,9,16-17H,3-4,7-8H2,1-2H3. The minimum atomic E-state index is -0.913. The van der Waals surface area contributed by atoms with Crippen LogP contribution in [0.4, 0.5) is 8.78 Å². The predicted molar refractivity (Wildman–Crippen MR) is 63.8 cm³/mol. The van der Waals surface area contributed by atoms with Crippen LogP contribution in [-0.4, -0.2) is 11.7 Å². The summed E-state index contributed by atoms with van der Waals surface area (Å²) in [4.78, 5) is 0. The van der Waals surface area contributed by atoms with Gasteiger partial charge in [-0.15, -0.1) is 0 Å². The van der Waals surface area contributed by atoms with Crippen LogP contribution >= 0.6 is 0 Å². The van der Waals surface area contributed by atoms with Crippen LogP contribution in [0.3, 0.4) is 0 Å². The van der Waals surface area contributed by atoms with Crippen LogP contribution in [0.2, 0.25) is 0 Å². The van der Waals surface area contributed by atoms with Gasteiger partial charge in [0, 0.05) is 6.54 Å². The van der Waals surface area contributed by atoms with Gasteiger partial charge in [0.1, 0.15) is 0 Å². The molecule has 0 saturated heterocycles. The minimum absolute atomic E-state index is 0.407. The van der Waals surface area contributed by atoms with Crippen molar-refractivity contribution in [3.63, 3.8) is 0 Å². The Morgan fingerprint density at radius 2 is 1.71 bits per heavy atom. The predicted octanol–water partition coefficient (Wildman–Crippen LogP) is 3.20. The first-order valence-corrected chi connectivity index (χ1v) is 5.96. The van der Waals surface area contributed by atoms with Crippen LogP contribution in [0.25, 0.3) is 0 Å². The summed E-state index contributed by atoms with van der Waals surface area (Å²) in [5, 5.41) is 12.1. The van der Waals surface area contributed by atoms with E-state index >= 15 is 0 Å². The Morgan fingerprint density at radius 3 is 2.18 bits per heavy atom. The van der Waals surface area contributed by atoms with Crippen LogP contribution in [-0.2, 0) is 6.54 Å². The van der Waals surface area contributed by atoms with E-state index in [0.29, 0.717) is 18.0 Å². The Bertz CT molecular complexity index is 341. The SMILES string of the molecule is CCC(CC)CNCc1cc(F)c(O)c(F)c1. The van der Waals surface area contributed by atoms with Crippen LogP contribution < -0.4 is 5.32 Å². The van der Waals surface area contributed by atoms with Crippen molar-refractivity contribution in [3.05, 3.63) is 29.3 Å². The van der Waals surface area contributed by atoms with Gasteiger partial charge in [-0.3, -0.25) is 0 Å². The zero-order chi connectivity index (χ0) is 12.8. The second-order valence-corrected chi connectivity index (χ2v) is 4.22. The van der Waals surface area contributed by atoms with Gasteiger partial charge in [-0.25, -0.2) is 8.78 Å². The molecule has 0 aliphatic rings. The van der Waals surface area contributed by atoms with Crippen molar-refractivity contribution in [1.29, 1.82) is 0 Å². The van der Waals surface area contributed by atoms with Gasteiger partial charge in [-0.1, -0.05) is 26.7 Å². The number of halogens is 2. The molecule has 0 saturated carbocycles. The van der Waals surface area contributed by atoms with E-state index in [1.807, 2.05) is 0 Å². The molecular formula is C13H19F2NO. The van der Waals surface area contributed by atoms with Gasteiger partial charge in [-0.2, -0.15) is 0 Å². The molecule has 0 heterocycles. The van der Waals surface area contributed by atoms with E-state index in [0.717, 1.165) is 31.5 Å². The second-order valence-electron chi connectivity index (χ2n) is 4.22. The molecule has 0 bridgehead atoms. The highest BCUT2D eigenvalue weighted by molar-refractivity contribution is 5.29. The largest absolute Gasteiger partial charge is 0.503 e. The molecule has 0 spiro atoms. The lowest BCUT2D eigenvalue weighted by atomic mass is 10.0. The van der Waals surface area contributed by atoms with Crippen molar-refractivity contribution in [1.82, 2.24) is 5.32 Å². The highest BCUT2D eigenvalue weighted by Crippen LogP contribution is 2.21. The second kappa shape index (κ2) is 6.55. The molecule has 0 radical (unpaired) electrons. The Balaban J connectivity index is 2.52. The van der Waals surface area contributed by atoms with Gasteiger partial charge in [0.15, 0.2) is 17.4 Å². The Hall–Kier alpha value is -1.16. The third-order valence-corrected chi connectivity index (χ3v) is 2.99. The Morgan fingerprint density at radius 1 is 1.18 bits per heavy atom. The molecule has 0 aromatic heterocycles. The molecule has 1 aromatic carbocycles. The molecule has 0 aliphatic carbocycles. The quantitative estimate of drug-likeness (QED) is 0.804. The number of hydrogen-bond donors (Lipinski definition) is 2. The van der Waals surface area contributed by atoms with Crippen LogP contribution in [0.1, 0.15) is 32.3 Å². The number of benzene rings is 1. The van der Waals surface area contributed by atoms with E-state index in [9.17, 15) is 8.78 Å². The van der Waals surface area contributed by atoms with E-state index in [1.54, 1.807) is 0 Å². The van der Waals surface area contributed by atoms with Crippen molar-refractivity contribution >= 4 is 0 Å². The number of rotatable bonds is 6. The molecule has 1 aromatic rings. The Labute approximate surface area is 101 Å². The smallest absolute Gasteiger partial charge is 0.187 e. The fourth-order valence-corrected chi connectivity index (χ4v) is 1.72. The van der Waals surface area contributed by atoms with Crippen LogP contribution in [0.5, 0.6) is 5.75 Å². The maximum Gasteiger partial charge on any atom is 0.187 e. The zero-order valence-electron chi connectivity index (χ0n) is 10.3. The Kier molecular flexibility index (Phi) is 5.35. The zero-order valence-corrected chi connectivity index (χ0v) is 10.3. The van der Waals surface area contributed by atoms with E-state index in [2.05, 4.69) is 19.2 Å². The lowest BCUT2D eigenvalue weighted by Gasteiger charge is -2.13. The maximum atomic E-state index is 13.0. The molecule has 1 rings (SSSR count). The lowest BCUT2D eigenvalue weighted by molar-refractivity contribution is 0.394. The molecule has 2 nitrogen and oxygen atoms in total. The van der Waals surface area contributed by atoms with Crippen molar-refractivity contribution < 1.29 is 13.9 Å². The van der Waals surface area contributed by atoms with Gasteiger partial charge in [0.25, 0.3) is 0 Å². The van der Waals surface area contributed by atoms with Gasteiger partial charge >= 0.3 is 0 Å². The molecular weight excluding hydrogens is 224 g/mol. The third kappa shape index (κ3) is 3.97. The first kappa shape index (κ1) is 13.9. The number of hydrogen-bond acceptors (Lipinski definition) is 2. The summed E-state index contributed by atoms with van der Waals surface area (Å²) in [5.74, 6) is -2.15. The summed E-state index contributed by atoms with van der Waals surface area (Å²) < 4.78 is 26.1. The summed E-state index contributed by atoms with van der Waals surface area (Å²) in [7, 11) is 0. The maximum absolute atomic E-state index is 13.0. The van der Waals surface area contributed by atoms with Crippen molar-refractivity contribution in [3.8, 4) is 5.75 Å². The summed E-state index contributed by atoms with van der Waals surface area (Å²) in [6.45, 7) is 5.48. The van der Waals surface area contributed by atoms with E-state index in [1.165, 1.54) is 0 Å². The summed E-state index contributed by atoms with van der Waals surface area (Å²) in [6.07, 6.45) is 2.17. The number of nitrogens with one attached hydrogen (secondary N) is 1. The average Bonchev–Trinajstić information content (AvgIpc) is 2.31. The summed E-state index contributed by atoms with van der Waals surface area (Å²) >= 11 is 0. The minimum Gasteiger partial charge on any atom is -0.503 e. The average molecular weight is 243 g/mol. The lowest BCUT2D eigenvalue weighted by Crippen LogP contribution is -2.21. The molecule has 0 aliphatic heterocycles. The fraction of sp³-hybridized carbons (Fsp3) is 0.538. The highest BCUT2D eigenvalue weighted by Gasteiger charge is 2.09. The molecule has 0 fully saturated rings.